The van der Waals surface area contributed by atoms with Crippen LogP contribution in [0, 0.1) is 12.9 Å². The van der Waals surface area contributed by atoms with E-state index in [4.69, 9.17) is 5.11 Å². The van der Waals surface area contributed by atoms with Gasteiger partial charge in [0.2, 0.25) is 5.95 Å². The fraction of sp³-hybridized carbons (Fsp3) is 0.333. The zero-order valence-corrected chi connectivity index (χ0v) is 5.91. The molecule has 4 nitrogen and oxygen atoms in total. The third-order valence-electron chi connectivity index (χ3n) is 1.14. The molecule has 0 aliphatic rings. The number of carboxylic acid groups (broad SMARTS) is 1. The molecule has 0 amide bonds. The molecule has 60 valence electrons. The van der Waals surface area contributed by atoms with E-state index in [0.717, 1.165) is 4.68 Å². The minimum atomic E-state index is -1.10. The molecule has 0 aliphatic carbocycles. The molecule has 1 aromatic rings. The van der Waals surface area contributed by atoms with E-state index in [1.54, 1.807) is 6.92 Å². The number of carbonyl (C=O) groups is 1. The molecule has 0 saturated heterocycles. The summed E-state index contributed by atoms with van der Waals surface area (Å²) in [4.78, 5) is 10.1. The molecule has 5 heteroatoms. The van der Waals surface area contributed by atoms with Gasteiger partial charge in [0.05, 0.1) is 5.69 Å². The molecule has 0 bridgehead atoms. The lowest BCUT2D eigenvalue weighted by Crippen LogP contribution is -2.11. The number of aryl methyl sites for hydroxylation is 1. The van der Waals surface area contributed by atoms with E-state index in [1.807, 2.05) is 0 Å². The molecule has 1 heterocycles. The van der Waals surface area contributed by atoms with Gasteiger partial charge in [-0.3, -0.25) is 4.79 Å². The molecule has 0 saturated carbocycles. The molecule has 1 N–H and O–H groups in total. The van der Waals surface area contributed by atoms with Crippen LogP contribution >= 0.6 is 0 Å². The molecular weight excluding hydrogens is 151 g/mol. The third-order valence-corrected chi connectivity index (χ3v) is 1.14. The van der Waals surface area contributed by atoms with Gasteiger partial charge >= 0.3 is 5.97 Å². The van der Waals surface area contributed by atoms with Crippen molar-refractivity contribution in [3.8, 4) is 0 Å². The van der Waals surface area contributed by atoms with Gasteiger partial charge < -0.3 is 5.11 Å². The molecule has 0 aliphatic heterocycles. The molecule has 1 rings (SSSR count). The molecule has 1 aromatic heterocycles. The van der Waals surface area contributed by atoms with Gasteiger partial charge in [0.25, 0.3) is 0 Å². The Morgan fingerprint density at radius 3 is 2.91 bits per heavy atom. The quantitative estimate of drug-likeness (QED) is 0.678. The second-order valence-electron chi connectivity index (χ2n) is 2.16. The van der Waals surface area contributed by atoms with E-state index in [0.29, 0.717) is 5.69 Å². The topological polar surface area (TPSA) is 55.1 Å². The first-order valence-corrected chi connectivity index (χ1v) is 3.01. The number of hydrogen-bond acceptors (Lipinski definition) is 2. The summed E-state index contributed by atoms with van der Waals surface area (Å²) in [5.41, 5.74) is 0.476. The van der Waals surface area contributed by atoms with E-state index >= 15 is 0 Å². The average molecular weight is 158 g/mol. The monoisotopic (exact) mass is 158 g/mol. The number of aliphatic carboxylic acids is 1. The summed E-state index contributed by atoms with van der Waals surface area (Å²) >= 11 is 0. The molecule has 0 spiro atoms. The summed E-state index contributed by atoms with van der Waals surface area (Å²) in [5.74, 6) is -1.73. The van der Waals surface area contributed by atoms with Crippen LogP contribution in [0.2, 0.25) is 0 Å². The molecule has 11 heavy (non-hydrogen) atoms. The first kappa shape index (κ1) is 7.71. The summed E-state index contributed by atoms with van der Waals surface area (Å²) in [6.07, 6.45) is 0. The molecule has 0 fully saturated rings. The molecule has 0 radical (unpaired) electrons. The molecule has 0 atom stereocenters. The van der Waals surface area contributed by atoms with E-state index < -0.39 is 18.5 Å². The second-order valence-corrected chi connectivity index (χ2v) is 2.16. The first-order valence-electron chi connectivity index (χ1n) is 3.01. The number of hydrogen-bond donors (Lipinski definition) is 1. The van der Waals surface area contributed by atoms with Crippen molar-refractivity contribution in [3.05, 3.63) is 17.7 Å². The van der Waals surface area contributed by atoms with Crippen molar-refractivity contribution in [2.45, 2.75) is 13.5 Å². The first-order chi connectivity index (χ1) is 5.09. The smallest absolute Gasteiger partial charge is 0.325 e. The standard InChI is InChI=1S/C6H7FN2O2/c1-4-2-5(7)9(8-4)3-6(10)11/h2H,3H2,1H3,(H,10,11). The highest BCUT2D eigenvalue weighted by Gasteiger charge is 2.06. The molecule has 0 aromatic carbocycles. The van der Waals surface area contributed by atoms with Gasteiger partial charge in [0, 0.05) is 6.07 Å². The predicted molar refractivity (Wildman–Crippen MR) is 34.6 cm³/mol. The lowest BCUT2D eigenvalue weighted by atomic mass is 10.5. The van der Waals surface area contributed by atoms with Gasteiger partial charge in [-0.25, -0.2) is 4.68 Å². The fourth-order valence-corrected chi connectivity index (χ4v) is 0.753. The highest BCUT2D eigenvalue weighted by Crippen LogP contribution is 1.99. The number of halogens is 1. The van der Waals surface area contributed by atoms with Gasteiger partial charge in [0.15, 0.2) is 0 Å². The van der Waals surface area contributed by atoms with Gasteiger partial charge in [0.1, 0.15) is 6.54 Å². The Bertz CT molecular complexity index is 282. The Hall–Kier alpha value is -1.39. The van der Waals surface area contributed by atoms with Crippen molar-refractivity contribution < 1.29 is 14.3 Å². The van der Waals surface area contributed by atoms with Crippen molar-refractivity contribution in [1.29, 1.82) is 0 Å². The summed E-state index contributed by atoms with van der Waals surface area (Å²) in [6.45, 7) is 1.17. The van der Waals surface area contributed by atoms with Crippen LogP contribution in [0.4, 0.5) is 4.39 Å². The van der Waals surface area contributed by atoms with E-state index in [9.17, 15) is 9.18 Å². The number of aromatic nitrogens is 2. The van der Waals surface area contributed by atoms with Gasteiger partial charge in [-0.05, 0) is 6.92 Å². The highest BCUT2D eigenvalue weighted by molar-refractivity contribution is 5.66. The maximum atomic E-state index is 12.6. The summed E-state index contributed by atoms with van der Waals surface area (Å²) < 4.78 is 13.4. The summed E-state index contributed by atoms with van der Waals surface area (Å²) in [5, 5.41) is 11.9. The molecular formula is C6H7FN2O2. The third kappa shape index (κ3) is 1.76. The van der Waals surface area contributed by atoms with Crippen molar-refractivity contribution in [2.24, 2.45) is 0 Å². The SMILES string of the molecule is Cc1cc(F)n(CC(=O)O)n1. The van der Waals surface area contributed by atoms with E-state index in [1.165, 1.54) is 6.07 Å². The molecule has 0 unspecified atom stereocenters. The van der Waals surface area contributed by atoms with Crippen molar-refractivity contribution in [3.63, 3.8) is 0 Å². The Kier molecular flexibility index (Phi) is 1.89. The van der Waals surface area contributed by atoms with Gasteiger partial charge in [-0.15, -0.1) is 0 Å². The minimum Gasteiger partial charge on any atom is -0.480 e. The lowest BCUT2D eigenvalue weighted by Gasteiger charge is -1.94. The zero-order chi connectivity index (χ0) is 8.43. The average Bonchev–Trinajstić information content (AvgIpc) is 2.09. The van der Waals surface area contributed by atoms with Crippen LogP contribution in [0.25, 0.3) is 0 Å². The predicted octanol–water partition coefficient (Wildman–Crippen LogP) is 0.415. The Morgan fingerprint density at radius 1 is 1.91 bits per heavy atom. The van der Waals surface area contributed by atoms with Crippen molar-refractivity contribution in [1.82, 2.24) is 9.78 Å². The van der Waals surface area contributed by atoms with E-state index in [2.05, 4.69) is 5.10 Å². The van der Waals surface area contributed by atoms with Crippen LogP contribution in [0.15, 0.2) is 6.07 Å². The highest BCUT2D eigenvalue weighted by atomic mass is 19.1. The zero-order valence-electron chi connectivity index (χ0n) is 5.91. The summed E-state index contributed by atoms with van der Waals surface area (Å²) in [6, 6.07) is 1.18. The Labute approximate surface area is 62.3 Å². The number of carboxylic acids is 1. The van der Waals surface area contributed by atoms with Crippen molar-refractivity contribution in [2.75, 3.05) is 0 Å². The van der Waals surface area contributed by atoms with E-state index in [-0.39, 0.29) is 0 Å². The fourth-order valence-electron chi connectivity index (χ4n) is 0.753. The van der Waals surface area contributed by atoms with Crippen LogP contribution in [-0.4, -0.2) is 20.9 Å². The van der Waals surface area contributed by atoms with Crippen LogP contribution < -0.4 is 0 Å². The number of nitrogens with zero attached hydrogens (tertiary/aromatic N) is 2. The van der Waals surface area contributed by atoms with Gasteiger partial charge in [-0.1, -0.05) is 0 Å². The van der Waals surface area contributed by atoms with Crippen LogP contribution in [0.1, 0.15) is 5.69 Å². The normalized spacial score (nSPS) is 10.0. The Balaban J connectivity index is 2.85. The van der Waals surface area contributed by atoms with Crippen LogP contribution in [0.5, 0.6) is 0 Å². The van der Waals surface area contributed by atoms with Crippen LogP contribution in [-0.2, 0) is 11.3 Å². The van der Waals surface area contributed by atoms with Crippen LogP contribution in [0.3, 0.4) is 0 Å². The maximum Gasteiger partial charge on any atom is 0.325 e. The lowest BCUT2D eigenvalue weighted by molar-refractivity contribution is -0.138. The largest absolute Gasteiger partial charge is 0.480 e. The van der Waals surface area contributed by atoms with Gasteiger partial charge in [-0.2, -0.15) is 9.49 Å². The number of rotatable bonds is 2. The van der Waals surface area contributed by atoms with Crippen molar-refractivity contribution >= 4 is 5.97 Å². The Morgan fingerprint density at radius 2 is 2.55 bits per heavy atom. The second kappa shape index (κ2) is 2.69. The maximum absolute atomic E-state index is 12.6. The minimum absolute atomic E-state index is 0.431. The summed E-state index contributed by atoms with van der Waals surface area (Å²) in [7, 11) is 0.